The highest BCUT2D eigenvalue weighted by Crippen LogP contribution is 2.38. The van der Waals surface area contributed by atoms with Gasteiger partial charge in [0.2, 0.25) is 0 Å². The van der Waals surface area contributed by atoms with Crippen molar-refractivity contribution in [2.24, 2.45) is 17.6 Å². The minimum atomic E-state index is -0.253. The van der Waals surface area contributed by atoms with Crippen LogP contribution in [0.4, 0.5) is 10.1 Å². The zero-order valence-corrected chi connectivity index (χ0v) is 11.6. The van der Waals surface area contributed by atoms with Crippen molar-refractivity contribution in [1.82, 2.24) is 0 Å². The van der Waals surface area contributed by atoms with Crippen LogP contribution >= 0.6 is 0 Å². The van der Waals surface area contributed by atoms with Gasteiger partial charge in [-0.1, -0.05) is 6.07 Å². The molecule has 2 nitrogen and oxygen atoms in total. The summed E-state index contributed by atoms with van der Waals surface area (Å²) in [5.74, 6) is 1.45. The minimum absolute atomic E-state index is 0.163. The van der Waals surface area contributed by atoms with Gasteiger partial charge < -0.3 is 10.6 Å². The van der Waals surface area contributed by atoms with Gasteiger partial charge in [0.1, 0.15) is 5.82 Å². The predicted molar refractivity (Wildman–Crippen MR) is 76.7 cm³/mol. The Bertz CT molecular complexity index is 436. The van der Waals surface area contributed by atoms with Crippen molar-refractivity contribution in [2.75, 3.05) is 18.0 Å². The number of nitrogens with two attached hydrogens (primary N) is 1. The number of nitrogens with zero attached hydrogens (tertiary/aromatic N) is 1. The molecule has 0 aliphatic heterocycles. The molecule has 0 amide bonds. The summed E-state index contributed by atoms with van der Waals surface area (Å²) in [6.45, 7) is 4.01. The Hall–Kier alpha value is -1.09. The van der Waals surface area contributed by atoms with Crippen molar-refractivity contribution in [1.29, 1.82) is 0 Å². The summed E-state index contributed by atoms with van der Waals surface area (Å²) in [7, 11) is 0. The average Bonchev–Trinajstić information content (AvgIpc) is 3.22. The van der Waals surface area contributed by atoms with E-state index in [4.69, 9.17) is 5.73 Å². The third-order valence-electron chi connectivity index (χ3n) is 4.18. The molecule has 0 spiro atoms. The monoisotopic (exact) mass is 262 g/mol. The van der Waals surface area contributed by atoms with Gasteiger partial charge in [0, 0.05) is 30.4 Å². The highest BCUT2D eigenvalue weighted by Gasteiger charge is 2.30. The van der Waals surface area contributed by atoms with Crippen LogP contribution in [0.2, 0.25) is 0 Å². The molecule has 3 heteroatoms. The summed E-state index contributed by atoms with van der Waals surface area (Å²) >= 11 is 0. The second kappa shape index (κ2) is 5.12. The maximum Gasteiger partial charge on any atom is 0.130 e. The molecule has 1 atom stereocenters. The molecular formula is C16H23FN2. The molecule has 2 aliphatic carbocycles. The first-order valence-corrected chi connectivity index (χ1v) is 7.44. The quantitative estimate of drug-likeness (QED) is 0.850. The molecule has 0 radical (unpaired) electrons. The topological polar surface area (TPSA) is 29.3 Å². The van der Waals surface area contributed by atoms with Gasteiger partial charge in [-0.3, -0.25) is 0 Å². The van der Waals surface area contributed by atoms with Gasteiger partial charge in [-0.25, -0.2) is 4.39 Å². The summed E-state index contributed by atoms with van der Waals surface area (Å²) < 4.78 is 14.1. The first kappa shape index (κ1) is 12.9. The smallest absolute Gasteiger partial charge is 0.130 e. The molecule has 1 aromatic carbocycles. The van der Waals surface area contributed by atoms with Crippen molar-refractivity contribution >= 4 is 5.69 Å². The molecule has 2 fully saturated rings. The average molecular weight is 262 g/mol. The van der Waals surface area contributed by atoms with Gasteiger partial charge in [-0.2, -0.15) is 0 Å². The number of hydrogen-bond acceptors (Lipinski definition) is 2. The van der Waals surface area contributed by atoms with Crippen LogP contribution in [-0.2, 0) is 0 Å². The standard InChI is InChI=1S/C16H23FN2/c1-11(18)16-14(17)3-2-4-15(16)19(9-12-5-6-12)10-13-7-8-13/h2-4,11-13H,5-10,18H2,1H3. The van der Waals surface area contributed by atoms with E-state index in [1.807, 2.05) is 19.1 Å². The van der Waals surface area contributed by atoms with Crippen LogP contribution in [-0.4, -0.2) is 13.1 Å². The fraction of sp³-hybridized carbons (Fsp3) is 0.625. The van der Waals surface area contributed by atoms with E-state index in [2.05, 4.69) is 4.90 Å². The zero-order valence-electron chi connectivity index (χ0n) is 11.6. The van der Waals surface area contributed by atoms with Gasteiger partial charge in [-0.15, -0.1) is 0 Å². The van der Waals surface area contributed by atoms with Crippen LogP contribution in [0.3, 0.4) is 0 Å². The lowest BCUT2D eigenvalue weighted by molar-refractivity contribution is 0.587. The summed E-state index contributed by atoms with van der Waals surface area (Å²) in [5, 5.41) is 0. The van der Waals surface area contributed by atoms with Crippen LogP contribution in [0.25, 0.3) is 0 Å². The summed E-state index contributed by atoms with van der Waals surface area (Å²) in [6, 6.07) is 5.11. The van der Waals surface area contributed by atoms with Crippen LogP contribution in [0.1, 0.15) is 44.2 Å². The second-order valence-electron chi connectivity index (χ2n) is 6.25. The second-order valence-corrected chi connectivity index (χ2v) is 6.25. The molecular weight excluding hydrogens is 239 g/mol. The molecule has 2 N–H and O–H groups in total. The van der Waals surface area contributed by atoms with Gasteiger partial charge in [0.15, 0.2) is 0 Å². The van der Waals surface area contributed by atoms with Gasteiger partial charge in [0.05, 0.1) is 0 Å². The molecule has 2 saturated carbocycles. The van der Waals surface area contributed by atoms with Crippen molar-refractivity contribution < 1.29 is 4.39 Å². The highest BCUT2D eigenvalue weighted by atomic mass is 19.1. The van der Waals surface area contributed by atoms with Gasteiger partial charge >= 0.3 is 0 Å². The molecule has 3 rings (SSSR count). The minimum Gasteiger partial charge on any atom is -0.371 e. The van der Waals surface area contributed by atoms with E-state index in [1.165, 1.54) is 31.7 Å². The molecule has 0 bridgehead atoms. The Morgan fingerprint density at radius 3 is 2.26 bits per heavy atom. The number of hydrogen-bond donors (Lipinski definition) is 1. The molecule has 2 aliphatic rings. The first-order chi connectivity index (χ1) is 9.15. The molecule has 1 aromatic rings. The Kier molecular flexibility index (Phi) is 3.48. The van der Waals surface area contributed by atoms with E-state index >= 15 is 0 Å². The van der Waals surface area contributed by atoms with Crippen LogP contribution < -0.4 is 10.6 Å². The van der Waals surface area contributed by atoms with Crippen molar-refractivity contribution in [2.45, 2.75) is 38.6 Å². The summed E-state index contributed by atoms with van der Waals surface area (Å²) in [5.41, 5.74) is 7.69. The van der Waals surface area contributed by atoms with E-state index in [-0.39, 0.29) is 11.9 Å². The third kappa shape index (κ3) is 3.08. The molecule has 0 heterocycles. The lowest BCUT2D eigenvalue weighted by atomic mass is 10.0. The Morgan fingerprint density at radius 1 is 1.21 bits per heavy atom. The van der Waals surface area contributed by atoms with E-state index < -0.39 is 0 Å². The lowest BCUT2D eigenvalue weighted by Gasteiger charge is -2.28. The maximum absolute atomic E-state index is 14.1. The fourth-order valence-electron chi connectivity index (χ4n) is 2.75. The number of anilines is 1. The van der Waals surface area contributed by atoms with E-state index in [9.17, 15) is 4.39 Å². The van der Waals surface area contributed by atoms with Gasteiger partial charge in [-0.05, 0) is 56.6 Å². The Balaban J connectivity index is 1.88. The molecule has 104 valence electrons. The normalized spacial score (nSPS) is 20.4. The largest absolute Gasteiger partial charge is 0.371 e. The van der Waals surface area contributed by atoms with E-state index in [0.29, 0.717) is 5.56 Å². The Morgan fingerprint density at radius 2 is 1.79 bits per heavy atom. The summed E-state index contributed by atoms with van der Waals surface area (Å²) in [6.07, 6.45) is 5.29. The zero-order chi connectivity index (χ0) is 13.4. The number of halogens is 1. The SMILES string of the molecule is CC(N)c1c(F)cccc1N(CC1CC1)CC1CC1. The van der Waals surface area contributed by atoms with Crippen LogP contribution in [0, 0.1) is 17.7 Å². The Labute approximate surface area is 114 Å². The fourth-order valence-corrected chi connectivity index (χ4v) is 2.75. The third-order valence-corrected chi connectivity index (χ3v) is 4.18. The van der Waals surface area contributed by atoms with Crippen molar-refractivity contribution in [3.8, 4) is 0 Å². The van der Waals surface area contributed by atoms with Crippen LogP contribution in [0.5, 0.6) is 0 Å². The maximum atomic E-state index is 14.1. The molecule has 0 aromatic heterocycles. The molecule has 1 unspecified atom stereocenters. The van der Waals surface area contributed by atoms with E-state index in [0.717, 1.165) is 30.6 Å². The number of rotatable bonds is 6. The molecule has 0 saturated heterocycles. The summed E-state index contributed by atoms with van der Waals surface area (Å²) in [4.78, 5) is 2.39. The lowest BCUT2D eigenvalue weighted by Crippen LogP contribution is -2.30. The van der Waals surface area contributed by atoms with Crippen LogP contribution in [0.15, 0.2) is 18.2 Å². The predicted octanol–water partition coefficient (Wildman–Crippen LogP) is 3.47. The molecule has 19 heavy (non-hydrogen) atoms. The number of benzene rings is 1. The van der Waals surface area contributed by atoms with Gasteiger partial charge in [0.25, 0.3) is 0 Å². The van der Waals surface area contributed by atoms with Crippen molar-refractivity contribution in [3.63, 3.8) is 0 Å². The van der Waals surface area contributed by atoms with E-state index in [1.54, 1.807) is 0 Å². The first-order valence-electron chi connectivity index (χ1n) is 7.44. The highest BCUT2D eigenvalue weighted by molar-refractivity contribution is 5.56. The van der Waals surface area contributed by atoms with Crippen molar-refractivity contribution in [3.05, 3.63) is 29.6 Å².